The minimum atomic E-state index is -0.490. The molecule has 0 aliphatic carbocycles. The Kier molecular flexibility index (Phi) is 5.67. The van der Waals surface area contributed by atoms with Crippen LogP contribution in [0, 0.1) is 0 Å². The Morgan fingerprint density at radius 3 is 2.48 bits per heavy atom. The average Bonchev–Trinajstić information content (AvgIpc) is 2.75. The number of carbonyl (C=O) groups is 1. The Bertz CT molecular complexity index is 1200. The molecule has 0 aliphatic heterocycles. The molecule has 3 rings (SSSR count). The van der Waals surface area contributed by atoms with Crippen LogP contribution in [0.4, 0.5) is 0 Å². The fourth-order valence-corrected chi connectivity index (χ4v) is 3.05. The number of methoxy groups -OCH3 is 2. The first-order valence-corrected chi connectivity index (χ1v) is 8.92. The summed E-state index contributed by atoms with van der Waals surface area (Å²) in [6.45, 7) is 0.387. The van der Waals surface area contributed by atoms with Gasteiger partial charge in [0, 0.05) is 26.8 Å². The predicted molar refractivity (Wildman–Crippen MR) is 108 cm³/mol. The number of hydrogen-bond donors (Lipinski definition) is 1. The van der Waals surface area contributed by atoms with E-state index in [4.69, 9.17) is 9.47 Å². The number of fused-ring (bicyclic) bond motifs is 1. The number of pyridine rings is 1. The Labute approximate surface area is 166 Å². The van der Waals surface area contributed by atoms with Gasteiger partial charge in [-0.3, -0.25) is 18.7 Å². The molecule has 0 unspecified atom stereocenters. The number of nitrogens with zero attached hydrogens (tertiary/aromatic N) is 3. The molecule has 9 heteroatoms. The molecule has 0 saturated carbocycles. The molecular formula is C20H22N4O5. The maximum absolute atomic E-state index is 12.5. The number of amides is 1. The third-order valence-corrected chi connectivity index (χ3v) is 4.70. The van der Waals surface area contributed by atoms with E-state index in [1.807, 2.05) is 18.2 Å². The standard InChI is InChI=1S/C20H22N4O5/c1-23-17-14(19(26)24(2)20(23)27)10-13(11-22-17)18(25)21-8-7-12-5-6-15(28-3)16(9-12)29-4/h5-6,9-11H,7-8H2,1-4H3,(H,21,25). The van der Waals surface area contributed by atoms with Crippen molar-refractivity contribution in [3.8, 4) is 11.5 Å². The lowest BCUT2D eigenvalue weighted by molar-refractivity contribution is 0.0954. The summed E-state index contributed by atoms with van der Waals surface area (Å²) in [4.78, 5) is 40.9. The van der Waals surface area contributed by atoms with E-state index in [0.29, 0.717) is 24.5 Å². The summed E-state index contributed by atoms with van der Waals surface area (Å²) in [5.74, 6) is 0.908. The van der Waals surface area contributed by atoms with Crippen molar-refractivity contribution in [2.24, 2.45) is 14.1 Å². The van der Waals surface area contributed by atoms with Crippen LogP contribution in [-0.2, 0) is 20.5 Å². The molecule has 1 N–H and O–H groups in total. The van der Waals surface area contributed by atoms with E-state index in [1.165, 1.54) is 30.9 Å². The number of aromatic nitrogens is 3. The summed E-state index contributed by atoms with van der Waals surface area (Å²) < 4.78 is 12.7. The number of benzene rings is 1. The summed E-state index contributed by atoms with van der Waals surface area (Å²) in [5, 5.41) is 3.02. The van der Waals surface area contributed by atoms with Crippen molar-refractivity contribution in [3.05, 3.63) is 62.4 Å². The third-order valence-electron chi connectivity index (χ3n) is 4.70. The van der Waals surface area contributed by atoms with Crippen LogP contribution < -0.4 is 26.0 Å². The largest absolute Gasteiger partial charge is 0.493 e. The molecule has 0 aliphatic rings. The molecule has 3 aromatic rings. The quantitative estimate of drug-likeness (QED) is 0.653. The van der Waals surface area contributed by atoms with Crippen LogP contribution in [0.25, 0.3) is 11.0 Å². The summed E-state index contributed by atoms with van der Waals surface area (Å²) in [6, 6.07) is 7.02. The van der Waals surface area contributed by atoms with Crippen molar-refractivity contribution in [1.29, 1.82) is 0 Å². The topological polar surface area (TPSA) is 104 Å². The highest BCUT2D eigenvalue weighted by atomic mass is 16.5. The van der Waals surface area contributed by atoms with Crippen molar-refractivity contribution in [2.75, 3.05) is 20.8 Å². The van der Waals surface area contributed by atoms with Crippen LogP contribution in [0.3, 0.4) is 0 Å². The van der Waals surface area contributed by atoms with Gasteiger partial charge in [-0.1, -0.05) is 6.07 Å². The molecule has 2 aromatic heterocycles. The highest BCUT2D eigenvalue weighted by molar-refractivity contribution is 5.96. The minimum Gasteiger partial charge on any atom is -0.493 e. The van der Waals surface area contributed by atoms with Crippen molar-refractivity contribution in [2.45, 2.75) is 6.42 Å². The lowest BCUT2D eigenvalue weighted by atomic mass is 10.1. The van der Waals surface area contributed by atoms with Gasteiger partial charge in [-0.05, 0) is 30.2 Å². The minimum absolute atomic E-state index is 0.210. The SMILES string of the molecule is COc1ccc(CCNC(=O)c2cnc3c(c2)c(=O)n(C)c(=O)n3C)cc1OC. The van der Waals surface area contributed by atoms with Gasteiger partial charge in [0.1, 0.15) is 5.65 Å². The summed E-state index contributed by atoms with van der Waals surface area (Å²) in [7, 11) is 6.05. The lowest BCUT2D eigenvalue weighted by Gasteiger charge is -2.10. The first kappa shape index (κ1) is 20.1. The molecule has 1 amide bonds. The van der Waals surface area contributed by atoms with Gasteiger partial charge in [0.15, 0.2) is 11.5 Å². The number of nitrogens with one attached hydrogen (secondary N) is 1. The molecule has 0 saturated heterocycles. The zero-order valence-corrected chi connectivity index (χ0v) is 16.7. The Balaban J connectivity index is 1.75. The van der Waals surface area contributed by atoms with Gasteiger partial charge in [0.25, 0.3) is 11.5 Å². The molecule has 0 atom stereocenters. The van der Waals surface area contributed by atoms with Crippen molar-refractivity contribution < 1.29 is 14.3 Å². The number of ether oxygens (including phenoxy) is 2. The summed E-state index contributed by atoms with van der Waals surface area (Å²) >= 11 is 0. The van der Waals surface area contributed by atoms with E-state index in [1.54, 1.807) is 14.2 Å². The first-order chi connectivity index (χ1) is 13.9. The monoisotopic (exact) mass is 398 g/mol. The Morgan fingerprint density at radius 2 is 1.79 bits per heavy atom. The number of hydrogen-bond acceptors (Lipinski definition) is 6. The van der Waals surface area contributed by atoms with Gasteiger partial charge in [-0.15, -0.1) is 0 Å². The van der Waals surface area contributed by atoms with Crippen LogP contribution in [0.15, 0.2) is 40.1 Å². The van der Waals surface area contributed by atoms with Crippen LogP contribution in [0.1, 0.15) is 15.9 Å². The maximum Gasteiger partial charge on any atom is 0.332 e. The third kappa shape index (κ3) is 3.84. The van der Waals surface area contributed by atoms with Gasteiger partial charge < -0.3 is 14.8 Å². The second-order valence-corrected chi connectivity index (χ2v) is 6.50. The Hall–Kier alpha value is -3.62. The van der Waals surface area contributed by atoms with Crippen LogP contribution in [0.2, 0.25) is 0 Å². The second-order valence-electron chi connectivity index (χ2n) is 6.50. The van der Waals surface area contributed by atoms with E-state index >= 15 is 0 Å². The lowest BCUT2D eigenvalue weighted by Crippen LogP contribution is -2.37. The first-order valence-electron chi connectivity index (χ1n) is 8.92. The molecular weight excluding hydrogens is 376 g/mol. The molecule has 0 bridgehead atoms. The summed E-state index contributed by atoms with van der Waals surface area (Å²) in [5.41, 5.74) is 0.502. The van der Waals surface area contributed by atoms with Crippen LogP contribution in [-0.4, -0.2) is 40.8 Å². The average molecular weight is 398 g/mol. The van der Waals surface area contributed by atoms with E-state index in [0.717, 1.165) is 10.1 Å². The highest BCUT2D eigenvalue weighted by Gasteiger charge is 2.13. The smallest absolute Gasteiger partial charge is 0.332 e. The number of aryl methyl sites for hydroxylation is 1. The molecule has 0 radical (unpaired) electrons. The molecule has 29 heavy (non-hydrogen) atoms. The predicted octanol–water partition coefficient (Wildman–Crippen LogP) is 0.622. The van der Waals surface area contributed by atoms with E-state index in [-0.39, 0.29) is 22.5 Å². The Morgan fingerprint density at radius 1 is 1.07 bits per heavy atom. The van der Waals surface area contributed by atoms with E-state index in [2.05, 4.69) is 10.3 Å². The van der Waals surface area contributed by atoms with Crippen molar-refractivity contribution in [1.82, 2.24) is 19.4 Å². The van der Waals surface area contributed by atoms with Gasteiger partial charge in [0.05, 0.1) is 25.2 Å². The molecule has 1 aromatic carbocycles. The van der Waals surface area contributed by atoms with E-state index < -0.39 is 11.2 Å². The van der Waals surface area contributed by atoms with Gasteiger partial charge in [-0.25, -0.2) is 9.78 Å². The fraction of sp³-hybridized carbons (Fsp3) is 0.300. The maximum atomic E-state index is 12.5. The number of carbonyl (C=O) groups excluding carboxylic acids is 1. The molecule has 2 heterocycles. The van der Waals surface area contributed by atoms with Crippen molar-refractivity contribution in [3.63, 3.8) is 0 Å². The van der Waals surface area contributed by atoms with Gasteiger partial charge >= 0.3 is 5.69 Å². The zero-order chi connectivity index (χ0) is 21.1. The van der Waals surface area contributed by atoms with Crippen molar-refractivity contribution >= 4 is 16.9 Å². The normalized spacial score (nSPS) is 10.8. The zero-order valence-electron chi connectivity index (χ0n) is 16.7. The van der Waals surface area contributed by atoms with Crippen LogP contribution in [0.5, 0.6) is 11.5 Å². The molecule has 0 spiro atoms. The highest BCUT2D eigenvalue weighted by Crippen LogP contribution is 2.27. The fourth-order valence-electron chi connectivity index (χ4n) is 3.05. The van der Waals surface area contributed by atoms with E-state index in [9.17, 15) is 14.4 Å². The van der Waals surface area contributed by atoms with Crippen LogP contribution >= 0.6 is 0 Å². The van der Waals surface area contributed by atoms with Gasteiger partial charge in [0.2, 0.25) is 0 Å². The molecule has 0 fully saturated rings. The summed E-state index contributed by atoms with van der Waals surface area (Å²) in [6.07, 6.45) is 1.94. The molecule has 152 valence electrons. The second kappa shape index (κ2) is 8.17. The number of rotatable bonds is 6. The van der Waals surface area contributed by atoms with Gasteiger partial charge in [-0.2, -0.15) is 0 Å². The molecule has 9 nitrogen and oxygen atoms in total.